The van der Waals surface area contributed by atoms with Gasteiger partial charge < -0.3 is 18.5 Å². The topological polar surface area (TPSA) is 91.4 Å². The molecule has 0 aromatic rings. The molecule has 146 valence electrons. The third-order valence-corrected chi connectivity index (χ3v) is 6.09. The van der Waals surface area contributed by atoms with Crippen molar-refractivity contribution in [1.29, 1.82) is 0 Å². The van der Waals surface area contributed by atoms with E-state index in [1.807, 2.05) is 0 Å². The lowest BCUT2D eigenvalue weighted by Crippen LogP contribution is -2.44. The molecule has 0 saturated carbocycles. The van der Waals surface area contributed by atoms with Gasteiger partial charge in [0.25, 0.3) is 0 Å². The Labute approximate surface area is 149 Å². The van der Waals surface area contributed by atoms with Gasteiger partial charge in [-0.3, -0.25) is 9.46 Å². The molecule has 2 unspecified atom stereocenters. The molecule has 1 saturated heterocycles. The molecule has 1 aliphatic heterocycles. The van der Waals surface area contributed by atoms with Crippen LogP contribution in [0.15, 0.2) is 0 Å². The monoisotopic (exact) mass is 379 g/mol. The summed E-state index contributed by atoms with van der Waals surface area (Å²) in [6.07, 6.45) is 0.726. The number of esters is 1. The van der Waals surface area contributed by atoms with Gasteiger partial charge in [0.1, 0.15) is 6.04 Å². The van der Waals surface area contributed by atoms with E-state index in [0.717, 1.165) is 0 Å². The lowest BCUT2D eigenvalue weighted by atomic mass is 9.97. The lowest BCUT2D eigenvalue weighted by molar-refractivity contribution is -0.149. The van der Waals surface area contributed by atoms with E-state index in [9.17, 15) is 14.2 Å². The summed E-state index contributed by atoms with van der Waals surface area (Å²) in [6, 6.07) is -0.726. The van der Waals surface area contributed by atoms with Gasteiger partial charge in [0.2, 0.25) is 0 Å². The molecule has 0 aromatic heterocycles. The Bertz CT molecular complexity index is 475. The van der Waals surface area contributed by atoms with Crippen molar-refractivity contribution in [3.8, 4) is 0 Å². The highest BCUT2D eigenvalue weighted by Crippen LogP contribution is 2.50. The van der Waals surface area contributed by atoms with Gasteiger partial charge in [0, 0.05) is 6.54 Å². The molecule has 0 spiro atoms. The van der Waals surface area contributed by atoms with E-state index in [1.165, 1.54) is 4.90 Å². The van der Waals surface area contributed by atoms with Crippen LogP contribution in [0.25, 0.3) is 0 Å². The largest absolute Gasteiger partial charge is 0.464 e. The molecule has 0 aromatic carbocycles. The maximum atomic E-state index is 12.6. The minimum atomic E-state index is -3.19. The van der Waals surface area contributed by atoms with Crippen LogP contribution in [0.3, 0.4) is 0 Å². The number of rotatable bonds is 10. The minimum Gasteiger partial charge on any atom is -0.464 e. The fourth-order valence-corrected chi connectivity index (χ4v) is 4.77. The second-order valence-corrected chi connectivity index (χ2v) is 7.78. The number of ether oxygens (including phenoxy) is 2. The number of hydrogen-bond acceptors (Lipinski definition) is 7. The predicted molar refractivity (Wildman–Crippen MR) is 92.6 cm³/mol. The Morgan fingerprint density at radius 1 is 1.00 bits per heavy atom. The molecule has 1 fully saturated rings. The van der Waals surface area contributed by atoms with E-state index in [2.05, 4.69) is 0 Å². The van der Waals surface area contributed by atoms with Crippen LogP contribution in [-0.4, -0.2) is 62.1 Å². The van der Waals surface area contributed by atoms with Gasteiger partial charge in [-0.2, -0.15) is 0 Å². The van der Waals surface area contributed by atoms with Crippen LogP contribution in [0.1, 0.15) is 40.5 Å². The summed E-state index contributed by atoms with van der Waals surface area (Å²) in [7, 11) is -3.19. The first-order valence-electron chi connectivity index (χ1n) is 8.90. The van der Waals surface area contributed by atoms with E-state index in [0.29, 0.717) is 19.4 Å². The Kier molecular flexibility index (Phi) is 9.46. The van der Waals surface area contributed by atoms with Crippen LogP contribution < -0.4 is 0 Å². The molecule has 2 atom stereocenters. The summed E-state index contributed by atoms with van der Waals surface area (Å²) < 4.78 is 33.4. The van der Waals surface area contributed by atoms with Crippen LogP contribution in [0, 0.1) is 5.92 Å². The molecule has 0 N–H and O–H groups in total. The Hall–Kier alpha value is -1.11. The summed E-state index contributed by atoms with van der Waals surface area (Å²) in [5.41, 5.74) is 0. The maximum absolute atomic E-state index is 12.6. The van der Waals surface area contributed by atoms with Crippen molar-refractivity contribution in [2.24, 2.45) is 5.92 Å². The van der Waals surface area contributed by atoms with E-state index in [4.69, 9.17) is 18.5 Å². The van der Waals surface area contributed by atoms with Crippen molar-refractivity contribution in [3.05, 3.63) is 0 Å². The fourth-order valence-electron chi connectivity index (χ4n) is 3.00. The van der Waals surface area contributed by atoms with Crippen molar-refractivity contribution in [1.82, 2.24) is 4.90 Å². The number of likely N-dealkylation sites (tertiary alicyclic amines) is 1. The molecular weight excluding hydrogens is 349 g/mol. The van der Waals surface area contributed by atoms with Crippen LogP contribution in [0.2, 0.25) is 0 Å². The molecule has 1 rings (SSSR count). The molecule has 0 bridgehead atoms. The average molecular weight is 379 g/mol. The summed E-state index contributed by atoms with van der Waals surface area (Å²) in [4.78, 5) is 25.9. The number of carbonyl (C=O) groups excluding carboxylic acids is 2. The van der Waals surface area contributed by atoms with Gasteiger partial charge in [-0.15, -0.1) is 0 Å². The van der Waals surface area contributed by atoms with Gasteiger partial charge in [-0.05, 0) is 46.5 Å². The van der Waals surface area contributed by atoms with Crippen molar-refractivity contribution in [2.45, 2.75) is 46.6 Å². The molecular formula is C16H30NO7P. The van der Waals surface area contributed by atoms with Crippen molar-refractivity contribution >= 4 is 19.7 Å². The predicted octanol–water partition coefficient (Wildman–Crippen LogP) is 3.05. The minimum absolute atomic E-state index is 0.169. The summed E-state index contributed by atoms with van der Waals surface area (Å²) in [6.45, 7) is 8.39. The summed E-state index contributed by atoms with van der Waals surface area (Å²) in [5.74, 6) is -0.626. The smallest absolute Gasteiger partial charge is 0.410 e. The van der Waals surface area contributed by atoms with Gasteiger partial charge >= 0.3 is 19.7 Å². The Morgan fingerprint density at radius 3 is 2.12 bits per heavy atom. The van der Waals surface area contributed by atoms with Crippen LogP contribution in [0.4, 0.5) is 4.79 Å². The normalized spacial score (nSPS) is 20.6. The molecule has 1 aliphatic rings. The van der Waals surface area contributed by atoms with Crippen molar-refractivity contribution in [2.75, 3.05) is 39.1 Å². The zero-order valence-corrected chi connectivity index (χ0v) is 16.5. The standard InChI is InChI=1S/C16H30NO7P/c1-5-21-15(18)14-13(9-11-17(14)16(19)22-6-2)10-12-25(20,23-7-3)24-8-4/h13-14H,5-12H2,1-4H3. The number of nitrogens with zero attached hydrogens (tertiary/aromatic N) is 1. The molecule has 9 heteroatoms. The summed E-state index contributed by atoms with van der Waals surface area (Å²) >= 11 is 0. The molecule has 1 amide bonds. The number of carbonyl (C=O) groups is 2. The zero-order valence-electron chi connectivity index (χ0n) is 15.6. The quantitative estimate of drug-likeness (QED) is 0.425. The summed E-state index contributed by atoms with van der Waals surface area (Å²) in [5, 5.41) is 0. The van der Waals surface area contributed by atoms with Crippen LogP contribution >= 0.6 is 7.60 Å². The SMILES string of the molecule is CCOC(=O)C1C(CCP(=O)(OCC)OCC)CCN1C(=O)OCC. The third-order valence-electron chi connectivity index (χ3n) is 3.98. The Morgan fingerprint density at radius 2 is 1.60 bits per heavy atom. The molecule has 8 nitrogen and oxygen atoms in total. The third kappa shape index (κ3) is 6.28. The number of amides is 1. The first kappa shape index (κ1) is 21.9. The second kappa shape index (κ2) is 10.8. The van der Waals surface area contributed by atoms with Gasteiger partial charge in [0.05, 0.1) is 32.6 Å². The van der Waals surface area contributed by atoms with Gasteiger partial charge in [-0.1, -0.05) is 0 Å². The lowest BCUT2D eigenvalue weighted by Gasteiger charge is -2.26. The Balaban J connectivity index is 2.83. The van der Waals surface area contributed by atoms with E-state index in [1.54, 1.807) is 27.7 Å². The van der Waals surface area contributed by atoms with Crippen molar-refractivity contribution < 1.29 is 32.7 Å². The van der Waals surface area contributed by atoms with E-state index < -0.39 is 25.7 Å². The molecule has 0 aliphatic carbocycles. The number of hydrogen-bond donors (Lipinski definition) is 0. The average Bonchev–Trinajstić information content (AvgIpc) is 2.98. The first-order chi connectivity index (χ1) is 11.9. The van der Waals surface area contributed by atoms with Crippen molar-refractivity contribution in [3.63, 3.8) is 0 Å². The molecule has 0 radical (unpaired) electrons. The highest BCUT2D eigenvalue weighted by molar-refractivity contribution is 7.53. The molecule has 1 heterocycles. The molecule has 25 heavy (non-hydrogen) atoms. The first-order valence-corrected chi connectivity index (χ1v) is 10.6. The van der Waals surface area contributed by atoms with E-state index in [-0.39, 0.29) is 38.5 Å². The van der Waals surface area contributed by atoms with Crippen LogP contribution in [-0.2, 0) is 27.9 Å². The fraction of sp³-hybridized carbons (Fsp3) is 0.875. The second-order valence-electron chi connectivity index (χ2n) is 5.60. The maximum Gasteiger partial charge on any atom is 0.410 e. The zero-order chi connectivity index (χ0) is 18.9. The van der Waals surface area contributed by atoms with Crippen LogP contribution in [0.5, 0.6) is 0 Å². The van der Waals surface area contributed by atoms with Gasteiger partial charge in [0.15, 0.2) is 0 Å². The highest BCUT2D eigenvalue weighted by Gasteiger charge is 2.44. The van der Waals surface area contributed by atoms with E-state index >= 15 is 0 Å². The highest BCUT2D eigenvalue weighted by atomic mass is 31.2. The van der Waals surface area contributed by atoms with Gasteiger partial charge in [-0.25, -0.2) is 9.59 Å².